The van der Waals surface area contributed by atoms with Crippen molar-refractivity contribution in [1.29, 1.82) is 10.5 Å². The Hall–Kier alpha value is -6.30. The number of aromatic nitrogens is 4. The molecular formula is C41H41ClN8O6S2. The lowest BCUT2D eigenvalue weighted by Gasteiger charge is -2.30. The van der Waals surface area contributed by atoms with Gasteiger partial charge in [0.1, 0.15) is 23.5 Å². The molecule has 14 nitrogen and oxygen atoms in total. The molecule has 6 rings (SSSR count). The summed E-state index contributed by atoms with van der Waals surface area (Å²) in [5.41, 5.74) is 2.83. The maximum Gasteiger partial charge on any atom is 0.404 e. The first kappa shape index (κ1) is 44.4. The van der Waals surface area contributed by atoms with Crippen LogP contribution in [0.3, 0.4) is 0 Å². The van der Waals surface area contributed by atoms with Crippen LogP contribution in [0, 0.1) is 28.1 Å². The van der Waals surface area contributed by atoms with E-state index in [1.165, 1.54) is 34.7 Å². The van der Waals surface area contributed by atoms with Crippen molar-refractivity contribution in [3.8, 4) is 34.7 Å². The van der Waals surface area contributed by atoms with Gasteiger partial charge in [0.2, 0.25) is 0 Å². The Morgan fingerprint density at radius 3 is 1.57 bits per heavy atom. The van der Waals surface area contributed by atoms with Gasteiger partial charge in [0, 0.05) is 48.5 Å². The average molecular weight is 841 g/mol. The van der Waals surface area contributed by atoms with Crippen LogP contribution in [0.1, 0.15) is 43.3 Å². The maximum atomic E-state index is 13.5. The van der Waals surface area contributed by atoms with Crippen molar-refractivity contribution in [3.63, 3.8) is 0 Å². The predicted molar refractivity (Wildman–Crippen MR) is 221 cm³/mol. The van der Waals surface area contributed by atoms with Crippen molar-refractivity contribution in [2.24, 2.45) is 5.41 Å². The van der Waals surface area contributed by atoms with Gasteiger partial charge in [-0.25, -0.2) is 39.5 Å². The van der Waals surface area contributed by atoms with Gasteiger partial charge in [-0.15, -0.1) is 12.4 Å². The Morgan fingerprint density at radius 2 is 1.17 bits per heavy atom. The van der Waals surface area contributed by atoms with Crippen LogP contribution in [0.4, 0.5) is 4.79 Å². The van der Waals surface area contributed by atoms with Crippen LogP contribution in [0.25, 0.3) is 22.5 Å². The van der Waals surface area contributed by atoms with E-state index in [1.807, 2.05) is 32.9 Å². The van der Waals surface area contributed by atoms with Gasteiger partial charge in [-0.05, 0) is 90.7 Å². The molecule has 0 radical (unpaired) electrons. The van der Waals surface area contributed by atoms with Gasteiger partial charge in [0.25, 0.3) is 20.0 Å². The van der Waals surface area contributed by atoms with Crippen molar-refractivity contribution in [2.75, 3.05) is 7.05 Å². The van der Waals surface area contributed by atoms with Crippen LogP contribution < -0.4 is 10.6 Å². The van der Waals surface area contributed by atoms with Crippen molar-refractivity contribution in [3.05, 3.63) is 144 Å². The minimum absolute atomic E-state index is 0. The first-order valence-corrected chi connectivity index (χ1v) is 20.4. The molecule has 3 N–H and O–H groups in total. The van der Waals surface area contributed by atoms with Crippen LogP contribution in [0.2, 0.25) is 0 Å². The third-order valence-electron chi connectivity index (χ3n) is 8.83. The van der Waals surface area contributed by atoms with Crippen LogP contribution in [0.5, 0.6) is 0 Å². The molecule has 0 fully saturated rings. The fourth-order valence-electron chi connectivity index (χ4n) is 5.97. The van der Waals surface area contributed by atoms with Gasteiger partial charge in [-0.2, -0.15) is 10.5 Å². The molecule has 0 saturated heterocycles. The fraction of sp³-hybridized carbons (Fsp3) is 0.195. The number of rotatable bonds is 11. The van der Waals surface area contributed by atoms with E-state index in [9.17, 15) is 37.3 Å². The quantitative estimate of drug-likeness (QED) is 0.125. The molecule has 4 heterocycles. The summed E-state index contributed by atoms with van der Waals surface area (Å²) in [7, 11) is -5.98. The fourth-order valence-corrected chi connectivity index (χ4v) is 8.79. The third-order valence-corrected chi connectivity index (χ3v) is 12.2. The molecule has 1 amide bonds. The molecule has 300 valence electrons. The van der Waals surface area contributed by atoms with E-state index in [1.54, 1.807) is 98.2 Å². The van der Waals surface area contributed by atoms with Gasteiger partial charge in [-0.1, -0.05) is 57.2 Å². The van der Waals surface area contributed by atoms with Gasteiger partial charge in [0.05, 0.1) is 21.2 Å². The van der Waals surface area contributed by atoms with E-state index < -0.39 is 37.6 Å². The SMILES string of the molecule is CC(C)(C)C(Cc1cc(-c2cccnc2C#N)n(S(=O)(=O)c2ccccc2)c1)NC(=O)O.CNCc1cc(-c2cccnc2C#N)n(S(=O)(=O)c2ccccc2)c1.Cl. The molecule has 0 aliphatic carbocycles. The van der Waals surface area contributed by atoms with E-state index in [0.717, 1.165) is 9.54 Å². The maximum absolute atomic E-state index is 13.5. The minimum Gasteiger partial charge on any atom is -0.465 e. The Bertz CT molecular complexity index is 2680. The van der Waals surface area contributed by atoms with Gasteiger partial charge < -0.3 is 15.7 Å². The Balaban J connectivity index is 0.000000259. The van der Waals surface area contributed by atoms with Crippen LogP contribution >= 0.6 is 12.4 Å². The average Bonchev–Trinajstić information content (AvgIpc) is 3.84. The first-order chi connectivity index (χ1) is 27.1. The molecule has 1 unspecified atom stereocenters. The highest BCUT2D eigenvalue weighted by Gasteiger charge is 2.29. The third kappa shape index (κ3) is 9.98. The summed E-state index contributed by atoms with van der Waals surface area (Å²) in [6.07, 6.45) is 5.14. The number of nitrogens with one attached hydrogen (secondary N) is 2. The number of carbonyl (C=O) groups is 1. The lowest BCUT2D eigenvalue weighted by molar-refractivity contribution is 0.174. The summed E-state index contributed by atoms with van der Waals surface area (Å²) < 4.78 is 55.4. The second kappa shape index (κ2) is 18.8. The Kier molecular flexibility index (Phi) is 14.4. The summed E-state index contributed by atoms with van der Waals surface area (Å²) in [6.45, 7) is 6.22. The van der Waals surface area contributed by atoms with Gasteiger partial charge in [-0.3, -0.25) is 0 Å². The normalized spacial score (nSPS) is 11.8. The van der Waals surface area contributed by atoms with Crippen molar-refractivity contribution >= 4 is 38.5 Å². The van der Waals surface area contributed by atoms with E-state index >= 15 is 0 Å². The lowest BCUT2D eigenvalue weighted by atomic mass is 9.83. The smallest absolute Gasteiger partial charge is 0.404 e. The Morgan fingerprint density at radius 1 is 0.741 bits per heavy atom. The van der Waals surface area contributed by atoms with E-state index in [-0.39, 0.29) is 45.7 Å². The molecule has 0 aliphatic rings. The number of pyridine rings is 2. The molecule has 2 aromatic carbocycles. The summed E-state index contributed by atoms with van der Waals surface area (Å²) in [5.74, 6) is 0. The topological polar surface area (TPSA) is 213 Å². The van der Waals surface area contributed by atoms with E-state index in [0.29, 0.717) is 28.9 Å². The zero-order chi connectivity index (χ0) is 41.4. The van der Waals surface area contributed by atoms with Crippen molar-refractivity contribution in [2.45, 2.75) is 49.6 Å². The van der Waals surface area contributed by atoms with E-state index in [2.05, 4.69) is 20.6 Å². The summed E-state index contributed by atoms with van der Waals surface area (Å²) in [4.78, 5) is 19.7. The van der Waals surface area contributed by atoms with Gasteiger partial charge >= 0.3 is 6.09 Å². The molecule has 4 aromatic heterocycles. The number of benzene rings is 2. The number of hydrogen-bond acceptors (Lipinski definition) is 10. The highest BCUT2D eigenvalue weighted by atomic mass is 35.5. The largest absolute Gasteiger partial charge is 0.465 e. The second-order valence-corrected chi connectivity index (χ2v) is 17.5. The molecule has 0 bridgehead atoms. The summed E-state index contributed by atoms with van der Waals surface area (Å²) in [6, 6.07) is 29.8. The highest BCUT2D eigenvalue weighted by Crippen LogP contribution is 2.32. The first-order valence-electron chi connectivity index (χ1n) is 17.5. The monoisotopic (exact) mass is 840 g/mol. The summed E-state index contributed by atoms with van der Waals surface area (Å²) >= 11 is 0. The molecule has 6 aromatic rings. The second-order valence-electron chi connectivity index (χ2n) is 13.8. The number of amides is 1. The molecule has 17 heteroatoms. The van der Waals surface area contributed by atoms with Crippen LogP contribution in [-0.4, -0.2) is 59.0 Å². The van der Waals surface area contributed by atoms with Gasteiger partial charge in [0.15, 0.2) is 0 Å². The van der Waals surface area contributed by atoms with Crippen LogP contribution in [-0.2, 0) is 33.0 Å². The zero-order valence-corrected chi connectivity index (χ0v) is 34.4. The summed E-state index contributed by atoms with van der Waals surface area (Å²) in [5, 5.41) is 33.6. The van der Waals surface area contributed by atoms with Crippen LogP contribution in [0.15, 0.2) is 132 Å². The number of nitriles is 2. The van der Waals surface area contributed by atoms with Crippen molar-refractivity contribution in [1.82, 2.24) is 28.5 Å². The molecular weight excluding hydrogens is 800 g/mol. The van der Waals surface area contributed by atoms with E-state index in [4.69, 9.17) is 0 Å². The van der Waals surface area contributed by atoms with Crippen molar-refractivity contribution < 1.29 is 26.7 Å². The Labute approximate surface area is 344 Å². The number of halogens is 1. The number of nitrogens with zero attached hydrogens (tertiary/aromatic N) is 6. The molecule has 0 saturated carbocycles. The molecule has 1 atom stereocenters. The lowest BCUT2D eigenvalue weighted by Crippen LogP contribution is -2.44. The molecule has 0 spiro atoms. The predicted octanol–water partition coefficient (Wildman–Crippen LogP) is 6.68. The molecule has 0 aliphatic heterocycles. The number of carboxylic acid groups (broad SMARTS) is 1. The molecule has 58 heavy (non-hydrogen) atoms. The standard InChI is InChI=1S/C23H24N4O4S.C18H16N4O2S.ClH/c1-23(2,3)21(26-22(28)29)13-16-12-20(18-10-7-11-25-19(18)14-24)27(15-16)32(30,31)17-8-5-4-6-9-17;1-20-12-14-10-18(16-8-5-9-21-17(16)11-19)22(13-14)25(23,24)15-6-3-2-4-7-15;/h4-12,15,21,26H,13H2,1-3H3,(H,28,29);2-10,13,20H,12H2,1H3;1H. The number of hydrogen-bond donors (Lipinski definition) is 3. The zero-order valence-electron chi connectivity index (χ0n) is 31.9. The highest BCUT2D eigenvalue weighted by molar-refractivity contribution is 7.90. The minimum atomic E-state index is -3.97.